The molecular formula is C12H15BrCl2N2. The molecule has 1 heterocycles. The van der Waals surface area contributed by atoms with E-state index in [0.717, 1.165) is 36.2 Å². The summed E-state index contributed by atoms with van der Waals surface area (Å²) in [4.78, 5) is 2.30. The van der Waals surface area contributed by atoms with Gasteiger partial charge < -0.3 is 10.2 Å². The van der Waals surface area contributed by atoms with E-state index in [4.69, 9.17) is 23.2 Å². The minimum Gasteiger partial charge on any atom is -0.369 e. The van der Waals surface area contributed by atoms with E-state index in [0.29, 0.717) is 16.1 Å². The first kappa shape index (κ1) is 13.5. The van der Waals surface area contributed by atoms with Crippen molar-refractivity contribution in [1.82, 2.24) is 5.32 Å². The van der Waals surface area contributed by atoms with Gasteiger partial charge in [-0.25, -0.2) is 0 Å². The Labute approximate surface area is 120 Å². The van der Waals surface area contributed by atoms with Gasteiger partial charge in [-0.15, -0.1) is 0 Å². The number of hydrogen-bond acceptors (Lipinski definition) is 2. The highest BCUT2D eigenvalue weighted by molar-refractivity contribution is 9.10. The molecule has 0 bridgehead atoms. The van der Waals surface area contributed by atoms with Crippen LogP contribution in [0, 0.1) is 0 Å². The summed E-state index contributed by atoms with van der Waals surface area (Å²) in [5.41, 5.74) is 1.02. The van der Waals surface area contributed by atoms with E-state index in [9.17, 15) is 0 Å². The molecule has 17 heavy (non-hydrogen) atoms. The van der Waals surface area contributed by atoms with Crippen LogP contribution in [-0.4, -0.2) is 25.7 Å². The number of nitrogens with one attached hydrogen (secondary N) is 1. The molecule has 1 aromatic carbocycles. The maximum Gasteiger partial charge on any atom is 0.0837 e. The summed E-state index contributed by atoms with van der Waals surface area (Å²) in [6.45, 7) is 5.21. The quantitative estimate of drug-likeness (QED) is 0.781. The van der Waals surface area contributed by atoms with E-state index in [1.807, 2.05) is 12.1 Å². The zero-order valence-electron chi connectivity index (χ0n) is 9.64. The molecule has 1 saturated heterocycles. The Hall–Kier alpha value is 0.0400. The Bertz CT molecular complexity index is 412. The number of rotatable bonds is 1. The first-order valence-electron chi connectivity index (χ1n) is 5.71. The standard InChI is InChI=1S/C12H15BrCl2N2/c1-8-7-17(6-2-5-16-8)10-4-3-9(13)11(14)12(10)15/h3-4,8,16H,2,5-7H2,1H3. The van der Waals surface area contributed by atoms with Crippen molar-refractivity contribution in [1.29, 1.82) is 0 Å². The van der Waals surface area contributed by atoms with Crippen LogP contribution in [0.3, 0.4) is 0 Å². The fourth-order valence-electron chi connectivity index (χ4n) is 2.08. The van der Waals surface area contributed by atoms with Gasteiger partial charge in [0.2, 0.25) is 0 Å². The minimum absolute atomic E-state index is 0.469. The molecule has 0 radical (unpaired) electrons. The van der Waals surface area contributed by atoms with Crippen molar-refractivity contribution < 1.29 is 0 Å². The lowest BCUT2D eigenvalue weighted by atomic mass is 10.2. The molecule has 1 aromatic rings. The molecule has 1 N–H and O–H groups in total. The van der Waals surface area contributed by atoms with Crippen LogP contribution in [0.5, 0.6) is 0 Å². The van der Waals surface area contributed by atoms with Gasteiger partial charge in [-0.2, -0.15) is 0 Å². The smallest absolute Gasteiger partial charge is 0.0837 e. The van der Waals surface area contributed by atoms with Gasteiger partial charge in [-0.1, -0.05) is 23.2 Å². The zero-order valence-corrected chi connectivity index (χ0v) is 12.7. The van der Waals surface area contributed by atoms with Gasteiger partial charge in [0.1, 0.15) is 0 Å². The lowest BCUT2D eigenvalue weighted by molar-refractivity contribution is 0.585. The third kappa shape index (κ3) is 3.08. The molecule has 2 nitrogen and oxygen atoms in total. The van der Waals surface area contributed by atoms with Crippen molar-refractivity contribution >= 4 is 44.8 Å². The average Bonchev–Trinajstić information content (AvgIpc) is 2.51. The highest BCUT2D eigenvalue weighted by atomic mass is 79.9. The molecule has 1 fully saturated rings. The van der Waals surface area contributed by atoms with Crippen LogP contribution in [0.1, 0.15) is 13.3 Å². The van der Waals surface area contributed by atoms with E-state index >= 15 is 0 Å². The molecule has 0 saturated carbocycles. The van der Waals surface area contributed by atoms with Crippen LogP contribution in [0.2, 0.25) is 10.0 Å². The summed E-state index contributed by atoms with van der Waals surface area (Å²) in [7, 11) is 0. The molecule has 1 atom stereocenters. The number of anilines is 1. The van der Waals surface area contributed by atoms with E-state index in [1.54, 1.807) is 0 Å². The second-order valence-electron chi connectivity index (χ2n) is 4.35. The number of hydrogen-bond donors (Lipinski definition) is 1. The highest BCUT2D eigenvalue weighted by Gasteiger charge is 2.18. The zero-order chi connectivity index (χ0) is 12.4. The molecule has 1 aliphatic rings. The summed E-state index contributed by atoms with van der Waals surface area (Å²) >= 11 is 15.9. The van der Waals surface area contributed by atoms with Gasteiger partial charge >= 0.3 is 0 Å². The van der Waals surface area contributed by atoms with Gasteiger partial charge in [0.15, 0.2) is 0 Å². The molecule has 0 aliphatic carbocycles. The monoisotopic (exact) mass is 336 g/mol. The fraction of sp³-hybridized carbons (Fsp3) is 0.500. The summed E-state index contributed by atoms with van der Waals surface area (Å²) in [6, 6.07) is 4.44. The minimum atomic E-state index is 0.469. The van der Waals surface area contributed by atoms with E-state index in [2.05, 4.69) is 33.1 Å². The van der Waals surface area contributed by atoms with E-state index < -0.39 is 0 Å². The second kappa shape index (κ2) is 5.79. The SMILES string of the molecule is CC1CN(c2ccc(Br)c(Cl)c2Cl)CCCN1. The predicted octanol–water partition coefficient (Wildman–Crippen LogP) is 3.94. The molecule has 94 valence electrons. The normalized spacial score (nSPS) is 21.4. The van der Waals surface area contributed by atoms with Crippen molar-refractivity contribution in [2.24, 2.45) is 0 Å². The molecule has 2 rings (SSSR count). The maximum absolute atomic E-state index is 6.31. The number of nitrogens with zero attached hydrogens (tertiary/aromatic N) is 1. The third-order valence-corrected chi connectivity index (χ3v) is 4.71. The molecule has 5 heteroatoms. The molecule has 1 aliphatic heterocycles. The Morgan fingerprint density at radius 2 is 2.12 bits per heavy atom. The van der Waals surface area contributed by atoms with Crippen LogP contribution in [0.4, 0.5) is 5.69 Å². The number of benzene rings is 1. The van der Waals surface area contributed by atoms with Crippen LogP contribution in [0.25, 0.3) is 0 Å². The topological polar surface area (TPSA) is 15.3 Å². The van der Waals surface area contributed by atoms with Gasteiger partial charge in [0, 0.05) is 23.6 Å². The van der Waals surface area contributed by atoms with Crippen molar-refractivity contribution in [3.05, 3.63) is 26.7 Å². The van der Waals surface area contributed by atoms with Crippen molar-refractivity contribution in [3.8, 4) is 0 Å². The van der Waals surface area contributed by atoms with E-state index in [-0.39, 0.29) is 0 Å². The Balaban J connectivity index is 2.29. The Kier molecular flexibility index (Phi) is 4.59. The van der Waals surface area contributed by atoms with Crippen molar-refractivity contribution in [2.45, 2.75) is 19.4 Å². The van der Waals surface area contributed by atoms with Gasteiger partial charge in [0.25, 0.3) is 0 Å². The average molecular weight is 338 g/mol. The molecule has 0 spiro atoms. The van der Waals surface area contributed by atoms with Crippen LogP contribution < -0.4 is 10.2 Å². The first-order chi connectivity index (χ1) is 8.09. The van der Waals surface area contributed by atoms with Gasteiger partial charge in [0.05, 0.1) is 15.7 Å². The van der Waals surface area contributed by atoms with Gasteiger partial charge in [-0.3, -0.25) is 0 Å². The van der Waals surface area contributed by atoms with Crippen LogP contribution in [0.15, 0.2) is 16.6 Å². The summed E-state index contributed by atoms with van der Waals surface area (Å²) in [6.07, 6.45) is 1.12. The maximum atomic E-state index is 6.31. The molecular weight excluding hydrogens is 323 g/mol. The fourth-order valence-corrected chi connectivity index (χ4v) is 2.97. The van der Waals surface area contributed by atoms with Crippen LogP contribution >= 0.6 is 39.1 Å². The summed E-state index contributed by atoms with van der Waals surface area (Å²) in [5, 5.41) is 4.69. The molecule has 0 aromatic heterocycles. The van der Waals surface area contributed by atoms with E-state index in [1.165, 1.54) is 0 Å². The molecule has 0 amide bonds. The largest absolute Gasteiger partial charge is 0.369 e. The Morgan fingerprint density at radius 3 is 2.88 bits per heavy atom. The molecule has 1 unspecified atom stereocenters. The second-order valence-corrected chi connectivity index (χ2v) is 5.96. The lowest BCUT2D eigenvalue weighted by Gasteiger charge is -2.26. The number of halogens is 3. The first-order valence-corrected chi connectivity index (χ1v) is 7.26. The highest BCUT2D eigenvalue weighted by Crippen LogP contribution is 2.37. The third-order valence-electron chi connectivity index (χ3n) is 2.95. The Morgan fingerprint density at radius 1 is 1.35 bits per heavy atom. The van der Waals surface area contributed by atoms with Gasteiger partial charge in [-0.05, 0) is 48.0 Å². The van der Waals surface area contributed by atoms with Crippen molar-refractivity contribution in [3.63, 3.8) is 0 Å². The summed E-state index contributed by atoms with van der Waals surface area (Å²) in [5.74, 6) is 0. The predicted molar refractivity (Wildman–Crippen MR) is 78.5 cm³/mol. The summed E-state index contributed by atoms with van der Waals surface area (Å²) < 4.78 is 0.842. The lowest BCUT2D eigenvalue weighted by Crippen LogP contribution is -2.35. The van der Waals surface area contributed by atoms with Crippen molar-refractivity contribution in [2.75, 3.05) is 24.5 Å². The van der Waals surface area contributed by atoms with Crippen LogP contribution in [-0.2, 0) is 0 Å².